The predicted octanol–water partition coefficient (Wildman–Crippen LogP) is 1.74. The molecule has 1 aliphatic carbocycles. The third kappa shape index (κ3) is 3.58. The Morgan fingerprint density at radius 2 is 2.17 bits per heavy atom. The second-order valence-electron chi connectivity index (χ2n) is 7.31. The molecular weight excluding hydrogens is 391 g/mol. The van der Waals surface area contributed by atoms with Gasteiger partial charge in [0.05, 0.1) is 25.7 Å². The van der Waals surface area contributed by atoms with E-state index in [9.17, 15) is 9.18 Å². The van der Waals surface area contributed by atoms with Crippen LogP contribution in [0.15, 0.2) is 25.2 Å². The number of alkyl halides is 1. The summed E-state index contributed by atoms with van der Waals surface area (Å²) in [7, 11) is 5.15. The molecule has 158 valence electrons. The zero-order valence-corrected chi connectivity index (χ0v) is 17.0. The van der Waals surface area contributed by atoms with Crippen LogP contribution in [0.3, 0.4) is 0 Å². The summed E-state index contributed by atoms with van der Waals surface area (Å²) < 4.78 is 23.2. The van der Waals surface area contributed by atoms with Gasteiger partial charge in [-0.25, -0.2) is 19.3 Å². The van der Waals surface area contributed by atoms with E-state index in [-0.39, 0.29) is 12.3 Å². The molecule has 4 rings (SSSR count). The highest BCUT2D eigenvalue weighted by atomic mass is 19.1. The van der Waals surface area contributed by atoms with Crippen LogP contribution in [0.2, 0.25) is 0 Å². The van der Waals surface area contributed by atoms with Gasteiger partial charge in [0.2, 0.25) is 5.91 Å². The lowest BCUT2D eigenvalue weighted by Crippen LogP contribution is -2.37. The summed E-state index contributed by atoms with van der Waals surface area (Å²) in [5.74, 6) is 0.757. The Labute approximate surface area is 172 Å². The maximum Gasteiger partial charge on any atom is 0.256 e. The number of nitrogens with one attached hydrogen (secondary N) is 2. The van der Waals surface area contributed by atoms with Gasteiger partial charge in [0.25, 0.3) is 5.88 Å². The largest absolute Gasteiger partial charge is 0.478 e. The van der Waals surface area contributed by atoms with E-state index < -0.39 is 18.1 Å². The van der Waals surface area contributed by atoms with Gasteiger partial charge in [0.1, 0.15) is 17.7 Å². The van der Waals surface area contributed by atoms with Crippen molar-refractivity contribution >= 4 is 28.6 Å². The number of halogens is 1. The molecule has 0 aromatic carbocycles. The van der Waals surface area contributed by atoms with Crippen molar-refractivity contribution in [2.75, 3.05) is 12.4 Å². The monoisotopic (exact) mass is 414 g/mol. The maximum atomic E-state index is 14.5. The summed E-state index contributed by atoms with van der Waals surface area (Å²) in [4.78, 5) is 25.3. The molecule has 0 radical (unpaired) electrons. The first-order valence-electron chi connectivity index (χ1n) is 9.50. The molecular formula is C19H23FN8O2. The molecule has 11 heteroatoms. The van der Waals surface area contributed by atoms with Crippen LogP contribution >= 0.6 is 0 Å². The quantitative estimate of drug-likeness (QED) is 0.591. The first kappa shape index (κ1) is 19.8. The van der Waals surface area contributed by atoms with Crippen molar-refractivity contribution in [2.45, 2.75) is 31.0 Å². The molecule has 0 aliphatic heterocycles. The van der Waals surface area contributed by atoms with Gasteiger partial charge in [0.15, 0.2) is 17.0 Å². The van der Waals surface area contributed by atoms with Crippen LogP contribution in [-0.2, 0) is 18.9 Å². The van der Waals surface area contributed by atoms with E-state index in [0.29, 0.717) is 40.8 Å². The van der Waals surface area contributed by atoms with Gasteiger partial charge in [-0.3, -0.25) is 9.48 Å². The van der Waals surface area contributed by atoms with E-state index in [2.05, 4.69) is 37.3 Å². The number of amides is 1. The maximum absolute atomic E-state index is 14.5. The Morgan fingerprint density at radius 3 is 2.90 bits per heavy atom. The number of fused-ring (bicyclic) bond motifs is 1. The summed E-state index contributed by atoms with van der Waals surface area (Å²) in [6.07, 6.45) is 4.00. The molecule has 0 saturated heterocycles. The molecule has 0 spiro atoms. The number of hydrogen-bond acceptors (Lipinski definition) is 7. The Kier molecular flexibility index (Phi) is 5.10. The number of rotatable bonds is 6. The molecule has 1 amide bonds. The molecule has 3 atom stereocenters. The van der Waals surface area contributed by atoms with Gasteiger partial charge in [-0.2, -0.15) is 0 Å². The molecule has 1 fully saturated rings. The van der Waals surface area contributed by atoms with Crippen molar-refractivity contribution < 1.29 is 13.9 Å². The van der Waals surface area contributed by atoms with Gasteiger partial charge in [-0.1, -0.05) is 6.58 Å². The highest BCUT2D eigenvalue weighted by Crippen LogP contribution is 2.37. The summed E-state index contributed by atoms with van der Waals surface area (Å²) in [5, 5.41) is 10.1. The number of anilines is 2. The summed E-state index contributed by atoms with van der Waals surface area (Å²) in [6.45, 7) is 3.42. The number of carbonyl (C=O) groups is 1. The summed E-state index contributed by atoms with van der Waals surface area (Å²) >= 11 is 0. The fourth-order valence-electron chi connectivity index (χ4n) is 3.71. The average molecular weight is 414 g/mol. The molecule has 1 saturated carbocycles. The summed E-state index contributed by atoms with van der Waals surface area (Å²) in [6, 6.07) is -0.596. The number of methoxy groups -OCH3 is 1. The zero-order chi connectivity index (χ0) is 21.4. The van der Waals surface area contributed by atoms with Crippen LogP contribution in [0.4, 0.5) is 15.9 Å². The highest BCUT2D eigenvalue weighted by Gasteiger charge is 2.37. The number of aromatic nitrogens is 6. The Hall–Kier alpha value is -3.50. The first-order chi connectivity index (χ1) is 14.4. The number of imidazole rings is 1. The minimum atomic E-state index is -1.18. The van der Waals surface area contributed by atoms with Crippen LogP contribution in [-0.4, -0.2) is 54.5 Å². The van der Waals surface area contributed by atoms with E-state index in [1.54, 1.807) is 28.8 Å². The number of carbonyl (C=O) groups excluding carboxylic acids is 1. The number of aryl methyl sites for hydroxylation is 2. The standard InChI is InChI=1S/C19H23FN8O2/c1-5-14(29)22-12-7-10(6-11(12)20)16-24-17(15-18(25-16)27(2)9-21-15)23-13-8-28(3)26-19(13)30-4/h5,8-12H,1,6-7H2,2-4H3,(H,22,29)(H,23,24,25)/t10?,11-,12-/m1/s1. The first-order valence-corrected chi connectivity index (χ1v) is 9.50. The van der Waals surface area contributed by atoms with E-state index >= 15 is 0 Å². The summed E-state index contributed by atoms with van der Waals surface area (Å²) in [5.41, 5.74) is 1.83. The number of ether oxygens (including phenoxy) is 1. The normalized spacial score (nSPS) is 21.0. The molecule has 2 N–H and O–H groups in total. The van der Waals surface area contributed by atoms with Crippen molar-refractivity contribution in [1.29, 1.82) is 0 Å². The lowest BCUT2D eigenvalue weighted by molar-refractivity contribution is -0.117. The second kappa shape index (κ2) is 7.73. The van der Waals surface area contributed by atoms with Crippen molar-refractivity contribution in [1.82, 2.24) is 34.6 Å². The van der Waals surface area contributed by atoms with E-state index in [1.165, 1.54) is 7.11 Å². The van der Waals surface area contributed by atoms with E-state index in [0.717, 1.165) is 6.08 Å². The van der Waals surface area contributed by atoms with Gasteiger partial charge >= 0.3 is 0 Å². The van der Waals surface area contributed by atoms with E-state index in [4.69, 9.17) is 4.74 Å². The Morgan fingerprint density at radius 1 is 1.37 bits per heavy atom. The van der Waals surface area contributed by atoms with Crippen molar-refractivity contribution in [3.8, 4) is 5.88 Å². The fourth-order valence-corrected chi connectivity index (χ4v) is 3.71. The lowest BCUT2D eigenvalue weighted by Gasteiger charge is -2.14. The Balaban J connectivity index is 1.69. The number of nitrogens with zero attached hydrogens (tertiary/aromatic N) is 6. The minimum Gasteiger partial charge on any atom is -0.478 e. The highest BCUT2D eigenvalue weighted by molar-refractivity contribution is 5.87. The molecule has 30 heavy (non-hydrogen) atoms. The van der Waals surface area contributed by atoms with Gasteiger partial charge in [-0.15, -0.1) is 5.10 Å². The van der Waals surface area contributed by atoms with Crippen molar-refractivity contribution in [3.63, 3.8) is 0 Å². The average Bonchev–Trinajstić information content (AvgIpc) is 3.39. The SMILES string of the molecule is C=CC(=O)N[C@@H]1CC(c2nc(Nc3cn(C)nc3OC)c3ncn(C)c3n2)C[C@H]1F. The van der Waals surface area contributed by atoms with Crippen LogP contribution in [0, 0.1) is 0 Å². The molecule has 3 aromatic rings. The van der Waals surface area contributed by atoms with Crippen LogP contribution in [0.1, 0.15) is 24.6 Å². The molecule has 3 heterocycles. The molecule has 1 aliphatic rings. The van der Waals surface area contributed by atoms with Gasteiger partial charge < -0.3 is 19.9 Å². The zero-order valence-electron chi connectivity index (χ0n) is 17.0. The van der Waals surface area contributed by atoms with Crippen LogP contribution in [0.25, 0.3) is 11.2 Å². The lowest BCUT2D eigenvalue weighted by atomic mass is 10.1. The molecule has 1 unspecified atom stereocenters. The fraction of sp³-hybridized carbons (Fsp3) is 0.421. The molecule has 0 bridgehead atoms. The minimum absolute atomic E-state index is 0.223. The van der Waals surface area contributed by atoms with Crippen LogP contribution in [0.5, 0.6) is 5.88 Å². The topological polar surface area (TPSA) is 112 Å². The molecule has 3 aromatic heterocycles. The van der Waals surface area contributed by atoms with Gasteiger partial charge in [-0.05, 0) is 18.9 Å². The smallest absolute Gasteiger partial charge is 0.256 e. The van der Waals surface area contributed by atoms with E-state index in [1.807, 2.05) is 7.05 Å². The molecule has 10 nitrogen and oxygen atoms in total. The van der Waals surface area contributed by atoms with Crippen molar-refractivity contribution in [3.05, 3.63) is 31.0 Å². The second-order valence-corrected chi connectivity index (χ2v) is 7.31. The van der Waals surface area contributed by atoms with Gasteiger partial charge in [0, 0.05) is 20.0 Å². The van der Waals surface area contributed by atoms with Crippen LogP contribution < -0.4 is 15.4 Å². The Bertz CT molecular complexity index is 1110. The number of hydrogen-bond donors (Lipinski definition) is 2. The third-order valence-electron chi connectivity index (χ3n) is 5.18. The van der Waals surface area contributed by atoms with Crippen molar-refractivity contribution in [2.24, 2.45) is 14.1 Å². The third-order valence-corrected chi connectivity index (χ3v) is 5.18. The predicted molar refractivity (Wildman–Crippen MR) is 108 cm³/mol.